The lowest BCUT2D eigenvalue weighted by Crippen LogP contribution is -2.36. The Morgan fingerprint density at radius 2 is 1.73 bits per heavy atom. The highest BCUT2D eigenvalue weighted by Crippen LogP contribution is 2.27. The first-order valence-electron chi connectivity index (χ1n) is 6.43. The van der Waals surface area contributed by atoms with Gasteiger partial charge in [-0.15, -0.1) is 0 Å². The second-order valence-electron chi connectivity index (χ2n) is 5.02. The lowest BCUT2D eigenvalue weighted by Gasteiger charge is -2.23. The third kappa shape index (κ3) is 3.87. The molecular formula is C12H23NOS. The molecule has 0 aromatic heterocycles. The van der Waals surface area contributed by atoms with Crippen molar-refractivity contribution in [2.75, 3.05) is 18.1 Å². The van der Waals surface area contributed by atoms with E-state index in [0.717, 1.165) is 30.3 Å². The molecule has 0 spiro atoms. The summed E-state index contributed by atoms with van der Waals surface area (Å²) in [5.74, 6) is 2.83. The number of nitrogens with one attached hydrogen (secondary N) is 1. The van der Waals surface area contributed by atoms with Crippen molar-refractivity contribution in [2.45, 2.75) is 51.0 Å². The predicted molar refractivity (Wildman–Crippen MR) is 65.5 cm³/mol. The zero-order valence-corrected chi connectivity index (χ0v) is 10.4. The minimum Gasteiger partial charge on any atom is -0.314 e. The topological polar surface area (TPSA) is 29.1 Å². The third-order valence-electron chi connectivity index (χ3n) is 3.85. The second-order valence-corrected chi connectivity index (χ2v) is 6.71. The van der Waals surface area contributed by atoms with Crippen LogP contribution in [0.25, 0.3) is 0 Å². The molecule has 0 aromatic carbocycles. The standard InChI is InChI=1S/C12H23NOS/c14-15-9-6-12(7-10-15)13-8-5-11-3-1-2-4-11/h11-13H,1-10H2. The molecule has 0 aromatic rings. The van der Waals surface area contributed by atoms with E-state index in [1.807, 2.05) is 0 Å². The van der Waals surface area contributed by atoms with E-state index in [0.29, 0.717) is 6.04 Å². The molecule has 0 amide bonds. The summed E-state index contributed by atoms with van der Waals surface area (Å²) in [6, 6.07) is 0.657. The first kappa shape index (κ1) is 11.6. The largest absolute Gasteiger partial charge is 0.314 e. The van der Waals surface area contributed by atoms with Gasteiger partial charge in [-0.25, -0.2) is 0 Å². The molecule has 1 aliphatic heterocycles. The van der Waals surface area contributed by atoms with Gasteiger partial charge in [0.1, 0.15) is 0 Å². The smallest absolute Gasteiger partial charge is 0.0249 e. The van der Waals surface area contributed by atoms with Crippen LogP contribution in [0.15, 0.2) is 0 Å². The molecule has 2 rings (SSSR count). The Hall–Kier alpha value is 0.110. The summed E-state index contributed by atoms with van der Waals surface area (Å²) in [6.07, 6.45) is 9.42. The average molecular weight is 229 g/mol. The zero-order chi connectivity index (χ0) is 10.5. The SMILES string of the molecule is O=S1CCC(NCCC2CCCC2)CC1. The highest BCUT2D eigenvalue weighted by atomic mass is 32.2. The van der Waals surface area contributed by atoms with Gasteiger partial charge in [-0.3, -0.25) is 4.21 Å². The molecule has 0 bridgehead atoms. The molecule has 2 aliphatic rings. The molecule has 88 valence electrons. The van der Waals surface area contributed by atoms with Crippen molar-refractivity contribution in [1.29, 1.82) is 0 Å². The van der Waals surface area contributed by atoms with Gasteiger partial charge in [0, 0.05) is 28.3 Å². The van der Waals surface area contributed by atoms with Crippen molar-refractivity contribution in [3.8, 4) is 0 Å². The van der Waals surface area contributed by atoms with Gasteiger partial charge in [0.05, 0.1) is 0 Å². The minimum atomic E-state index is -0.508. The maximum absolute atomic E-state index is 11.2. The number of hydrogen-bond donors (Lipinski definition) is 1. The Kier molecular flexibility index (Phi) is 4.63. The van der Waals surface area contributed by atoms with E-state index in [1.54, 1.807) is 0 Å². The van der Waals surface area contributed by atoms with E-state index in [9.17, 15) is 4.21 Å². The summed E-state index contributed by atoms with van der Waals surface area (Å²) in [5.41, 5.74) is 0. The molecule has 0 radical (unpaired) electrons. The highest BCUT2D eigenvalue weighted by Gasteiger charge is 2.18. The van der Waals surface area contributed by atoms with Crippen molar-refractivity contribution in [1.82, 2.24) is 5.32 Å². The van der Waals surface area contributed by atoms with Crippen molar-refractivity contribution >= 4 is 10.8 Å². The van der Waals surface area contributed by atoms with Crippen LogP contribution in [0.3, 0.4) is 0 Å². The summed E-state index contributed by atoms with van der Waals surface area (Å²) in [5, 5.41) is 3.63. The number of rotatable bonds is 4. The quantitative estimate of drug-likeness (QED) is 0.799. The molecule has 0 atom stereocenters. The first-order chi connectivity index (χ1) is 7.34. The molecule has 3 heteroatoms. The minimum absolute atomic E-state index is 0.508. The van der Waals surface area contributed by atoms with Gasteiger partial charge in [-0.2, -0.15) is 0 Å². The van der Waals surface area contributed by atoms with Crippen LogP contribution in [0.1, 0.15) is 44.9 Å². The highest BCUT2D eigenvalue weighted by molar-refractivity contribution is 7.85. The normalized spacial score (nSPS) is 33.3. The fourth-order valence-electron chi connectivity index (χ4n) is 2.79. The average Bonchev–Trinajstić information content (AvgIpc) is 2.74. The maximum atomic E-state index is 11.2. The molecule has 2 fully saturated rings. The van der Waals surface area contributed by atoms with Crippen molar-refractivity contribution < 1.29 is 4.21 Å². The van der Waals surface area contributed by atoms with E-state index < -0.39 is 10.8 Å². The van der Waals surface area contributed by atoms with Gasteiger partial charge >= 0.3 is 0 Å². The van der Waals surface area contributed by atoms with Crippen LogP contribution in [-0.2, 0) is 10.8 Å². The van der Waals surface area contributed by atoms with Crippen LogP contribution in [0, 0.1) is 5.92 Å². The van der Waals surface area contributed by atoms with E-state index in [2.05, 4.69) is 5.32 Å². The van der Waals surface area contributed by atoms with E-state index in [4.69, 9.17) is 0 Å². The monoisotopic (exact) mass is 229 g/mol. The Labute approximate surface area is 95.7 Å². The molecule has 1 heterocycles. The van der Waals surface area contributed by atoms with Crippen LogP contribution < -0.4 is 5.32 Å². The van der Waals surface area contributed by atoms with Gasteiger partial charge in [-0.05, 0) is 31.7 Å². The van der Waals surface area contributed by atoms with Gasteiger partial charge in [0.15, 0.2) is 0 Å². The summed E-state index contributed by atoms with van der Waals surface area (Å²) >= 11 is 0. The summed E-state index contributed by atoms with van der Waals surface area (Å²) in [4.78, 5) is 0. The number of hydrogen-bond acceptors (Lipinski definition) is 2. The molecule has 1 saturated carbocycles. The molecule has 1 saturated heterocycles. The predicted octanol–water partition coefficient (Wildman–Crippen LogP) is 2.07. The van der Waals surface area contributed by atoms with Crippen LogP contribution >= 0.6 is 0 Å². The van der Waals surface area contributed by atoms with Crippen LogP contribution in [-0.4, -0.2) is 28.3 Å². The maximum Gasteiger partial charge on any atom is 0.0249 e. The van der Waals surface area contributed by atoms with Crippen molar-refractivity contribution in [3.05, 3.63) is 0 Å². The molecule has 1 N–H and O–H groups in total. The lowest BCUT2D eigenvalue weighted by molar-refractivity contribution is 0.422. The van der Waals surface area contributed by atoms with Crippen LogP contribution in [0.5, 0.6) is 0 Å². The molecule has 1 aliphatic carbocycles. The molecular weight excluding hydrogens is 206 g/mol. The first-order valence-corrected chi connectivity index (χ1v) is 7.92. The van der Waals surface area contributed by atoms with Crippen LogP contribution in [0.2, 0.25) is 0 Å². The fourth-order valence-corrected chi connectivity index (χ4v) is 4.09. The lowest BCUT2D eigenvalue weighted by atomic mass is 10.0. The van der Waals surface area contributed by atoms with Crippen molar-refractivity contribution in [3.63, 3.8) is 0 Å². The van der Waals surface area contributed by atoms with Gasteiger partial charge in [-0.1, -0.05) is 25.7 Å². The van der Waals surface area contributed by atoms with E-state index >= 15 is 0 Å². The summed E-state index contributed by atoms with van der Waals surface area (Å²) < 4.78 is 11.2. The van der Waals surface area contributed by atoms with E-state index in [1.165, 1.54) is 38.6 Å². The summed E-state index contributed by atoms with van der Waals surface area (Å²) in [7, 11) is -0.508. The van der Waals surface area contributed by atoms with E-state index in [-0.39, 0.29) is 0 Å². The van der Waals surface area contributed by atoms with Gasteiger partial charge < -0.3 is 5.32 Å². The second kappa shape index (κ2) is 6.00. The van der Waals surface area contributed by atoms with Crippen molar-refractivity contribution in [2.24, 2.45) is 5.92 Å². The van der Waals surface area contributed by atoms with Gasteiger partial charge in [0.2, 0.25) is 0 Å². The zero-order valence-electron chi connectivity index (χ0n) is 9.54. The van der Waals surface area contributed by atoms with Gasteiger partial charge in [0.25, 0.3) is 0 Å². The Balaban J connectivity index is 1.55. The Morgan fingerprint density at radius 1 is 1.07 bits per heavy atom. The van der Waals surface area contributed by atoms with Crippen LogP contribution in [0.4, 0.5) is 0 Å². The summed E-state index contributed by atoms with van der Waals surface area (Å²) in [6.45, 7) is 1.18. The fraction of sp³-hybridized carbons (Fsp3) is 1.00. The molecule has 0 unspecified atom stereocenters. The molecule has 2 nitrogen and oxygen atoms in total. The Morgan fingerprint density at radius 3 is 2.40 bits per heavy atom. The third-order valence-corrected chi connectivity index (χ3v) is 5.23. The Bertz CT molecular complexity index is 204. The molecule has 15 heavy (non-hydrogen) atoms.